The molecule has 4 heteroatoms. The summed E-state index contributed by atoms with van der Waals surface area (Å²) in [6.07, 6.45) is 1.72. The Balaban J connectivity index is 1.59. The summed E-state index contributed by atoms with van der Waals surface area (Å²) in [6, 6.07) is 8.44. The molecule has 20 heavy (non-hydrogen) atoms. The predicted molar refractivity (Wildman–Crippen MR) is 78.9 cm³/mol. The summed E-state index contributed by atoms with van der Waals surface area (Å²) in [5.74, 6) is 0.187. The second-order valence-corrected chi connectivity index (χ2v) is 5.60. The molecule has 108 valence electrons. The number of rotatable bonds is 2. The summed E-state index contributed by atoms with van der Waals surface area (Å²) in [6.45, 7) is 6.28. The molecule has 0 saturated carbocycles. The number of amides is 1. The average Bonchev–Trinajstić information content (AvgIpc) is 3.01. The molecule has 2 aliphatic rings. The minimum Gasteiger partial charge on any atom is -0.368 e. The Labute approximate surface area is 120 Å². The lowest BCUT2D eigenvalue weighted by atomic mass is 10.1. The highest BCUT2D eigenvalue weighted by atomic mass is 16.5. The molecule has 2 fully saturated rings. The fraction of sp³-hybridized carbons (Fsp3) is 0.562. The van der Waals surface area contributed by atoms with Crippen LogP contribution < -0.4 is 4.90 Å². The number of aryl methyl sites for hydroxylation is 1. The minimum absolute atomic E-state index is 0.181. The summed E-state index contributed by atoms with van der Waals surface area (Å²) in [5.41, 5.74) is 2.59. The Kier molecular flexibility index (Phi) is 3.92. The zero-order valence-corrected chi connectivity index (χ0v) is 12.0. The van der Waals surface area contributed by atoms with Gasteiger partial charge in [-0.2, -0.15) is 0 Å². The maximum absolute atomic E-state index is 12.3. The molecule has 2 saturated heterocycles. The predicted octanol–water partition coefficient (Wildman–Crippen LogP) is 1.82. The van der Waals surface area contributed by atoms with E-state index in [2.05, 4.69) is 36.1 Å². The topological polar surface area (TPSA) is 32.8 Å². The molecule has 1 amide bonds. The zero-order valence-electron chi connectivity index (χ0n) is 12.0. The van der Waals surface area contributed by atoms with Crippen LogP contribution in [0.3, 0.4) is 0 Å². The number of nitrogens with zero attached hydrogens (tertiary/aromatic N) is 2. The first-order valence-corrected chi connectivity index (χ1v) is 7.46. The van der Waals surface area contributed by atoms with Crippen LogP contribution in [-0.2, 0) is 9.53 Å². The smallest absolute Gasteiger partial charge is 0.251 e. The van der Waals surface area contributed by atoms with Crippen LogP contribution in [0.1, 0.15) is 18.4 Å². The van der Waals surface area contributed by atoms with Gasteiger partial charge in [0.05, 0.1) is 0 Å². The number of carbonyl (C=O) groups is 1. The molecule has 1 aromatic rings. The van der Waals surface area contributed by atoms with Crippen LogP contribution in [0.15, 0.2) is 24.3 Å². The van der Waals surface area contributed by atoms with Crippen molar-refractivity contribution in [3.8, 4) is 0 Å². The Hall–Kier alpha value is -1.55. The molecule has 0 bridgehead atoms. The fourth-order valence-electron chi connectivity index (χ4n) is 3.06. The monoisotopic (exact) mass is 274 g/mol. The SMILES string of the molecule is Cc1ccccc1N1CCN(C(=O)C2CCCO2)CC1. The molecule has 0 aliphatic carbocycles. The van der Waals surface area contributed by atoms with Crippen LogP contribution in [0.4, 0.5) is 5.69 Å². The van der Waals surface area contributed by atoms with Gasteiger partial charge in [-0.15, -0.1) is 0 Å². The summed E-state index contributed by atoms with van der Waals surface area (Å²) < 4.78 is 5.49. The van der Waals surface area contributed by atoms with Crippen LogP contribution in [0.2, 0.25) is 0 Å². The van der Waals surface area contributed by atoms with E-state index in [1.165, 1.54) is 11.3 Å². The van der Waals surface area contributed by atoms with E-state index in [0.29, 0.717) is 0 Å². The highest BCUT2D eigenvalue weighted by molar-refractivity contribution is 5.81. The minimum atomic E-state index is -0.181. The molecule has 0 spiro atoms. The van der Waals surface area contributed by atoms with Gasteiger partial charge in [0.15, 0.2) is 0 Å². The first-order chi connectivity index (χ1) is 9.75. The van der Waals surface area contributed by atoms with E-state index >= 15 is 0 Å². The first kappa shape index (κ1) is 13.4. The maximum Gasteiger partial charge on any atom is 0.251 e. The second kappa shape index (κ2) is 5.83. The van der Waals surface area contributed by atoms with Gasteiger partial charge in [0.1, 0.15) is 6.10 Å². The van der Waals surface area contributed by atoms with Gasteiger partial charge in [0.25, 0.3) is 5.91 Å². The normalized spacial score (nSPS) is 23.1. The van der Waals surface area contributed by atoms with Crippen molar-refractivity contribution >= 4 is 11.6 Å². The van der Waals surface area contributed by atoms with Gasteiger partial charge in [-0.25, -0.2) is 0 Å². The van der Waals surface area contributed by atoms with Crippen molar-refractivity contribution in [1.82, 2.24) is 4.90 Å². The molecule has 2 aliphatic heterocycles. The van der Waals surface area contributed by atoms with E-state index in [4.69, 9.17) is 4.74 Å². The molecule has 2 heterocycles. The number of ether oxygens (including phenoxy) is 1. The van der Waals surface area contributed by atoms with Crippen LogP contribution >= 0.6 is 0 Å². The van der Waals surface area contributed by atoms with E-state index in [0.717, 1.165) is 45.6 Å². The maximum atomic E-state index is 12.3. The Morgan fingerprint density at radius 2 is 1.95 bits per heavy atom. The summed E-state index contributed by atoms with van der Waals surface area (Å²) in [4.78, 5) is 16.6. The highest BCUT2D eigenvalue weighted by Crippen LogP contribution is 2.22. The first-order valence-electron chi connectivity index (χ1n) is 7.46. The Morgan fingerprint density at radius 1 is 1.20 bits per heavy atom. The molecule has 0 radical (unpaired) electrons. The third kappa shape index (κ3) is 2.66. The van der Waals surface area contributed by atoms with Crippen LogP contribution in [0, 0.1) is 6.92 Å². The summed E-state index contributed by atoms with van der Waals surface area (Å²) in [7, 11) is 0. The lowest BCUT2D eigenvalue weighted by Crippen LogP contribution is -2.51. The van der Waals surface area contributed by atoms with Gasteiger partial charge in [-0.05, 0) is 31.4 Å². The van der Waals surface area contributed by atoms with Gasteiger partial charge < -0.3 is 14.5 Å². The fourth-order valence-corrected chi connectivity index (χ4v) is 3.06. The average molecular weight is 274 g/mol. The number of hydrogen-bond donors (Lipinski definition) is 0. The van der Waals surface area contributed by atoms with E-state index in [1.807, 2.05) is 4.90 Å². The molecule has 0 aromatic heterocycles. The third-order valence-electron chi connectivity index (χ3n) is 4.25. The van der Waals surface area contributed by atoms with E-state index < -0.39 is 0 Å². The van der Waals surface area contributed by atoms with Crippen LogP contribution in [-0.4, -0.2) is 49.7 Å². The lowest BCUT2D eigenvalue weighted by molar-refractivity contribution is -0.141. The highest BCUT2D eigenvalue weighted by Gasteiger charge is 2.30. The molecule has 1 unspecified atom stereocenters. The van der Waals surface area contributed by atoms with Crippen molar-refractivity contribution < 1.29 is 9.53 Å². The number of hydrogen-bond acceptors (Lipinski definition) is 3. The molecular formula is C16H22N2O2. The van der Waals surface area contributed by atoms with E-state index in [-0.39, 0.29) is 12.0 Å². The van der Waals surface area contributed by atoms with Gasteiger partial charge in [0, 0.05) is 38.5 Å². The van der Waals surface area contributed by atoms with Crippen molar-refractivity contribution in [2.24, 2.45) is 0 Å². The quantitative estimate of drug-likeness (QED) is 0.825. The van der Waals surface area contributed by atoms with Crippen LogP contribution in [0.25, 0.3) is 0 Å². The van der Waals surface area contributed by atoms with E-state index in [9.17, 15) is 4.79 Å². The standard InChI is InChI=1S/C16H22N2O2/c1-13-5-2-3-6-14(13)17-8-10-18(11-9-17)16(19)15-7-4-12-20-15/h2-3,5-6,15H,4,7-12H2,1H3. The third-order valence-corrected chi connectivity index (χ3v) is 4.25. The molecule has 3 rings (SSSR count). The van der Waals surface area contributed by atoms with Gasteiger partial charge in [0.2, 0.25) is 0 Å². The lowest BCUT2D eigenvalue weighted by Gasteiger charge is -2.37. The van der Waals surface area contributed by atoms with Crippen molar-refractivity contribution in [1.29, 1.82) is 0 Å². The number of piperazine rings is 1. The Morgan fingerprint density at radius 3 is 2.60 bits per heavy atom. The number of anilines is 1. The molecular weight excluding hydrogens is 252 g/mol. The molecule has 1 aromatic carbocycles. The number of benzene rings is 1. The second-order valence-electron chi connectivity index (χ2n) is 5.60. The van der Waals surface area contributed by atoms with Crippen molar-refractivity contribution in [3.05, 3.63) is 29.8 Å². The van der Waals surface area contributed by atoms with Crippen molar-refractivity contribution in [2.45, 2.75) is 25.9 Å². The molecule has 0 N–H and O–H groups in total. The van der Waals surface area contributed by atoms with Crippen LogP contribution in [0.5, 0.6) is 0 Å². The van der Waals surface area contributed by atoms with Crippen molar-refractivity contribution in [2.75, 3.05) is 37.7 Å². The van der Waals surface area contributed by atoms with Crippen molar-refractivity contribution in [3.63, 3.8) is 0 Å². The summed E-state index contributed by atoms with van der Waals surface area (Å²) >= 11 is 0. The summed E-state index contributed by atoms with van der Waals surface area (Å²) in [5, 5.41) is 0. The molecule has 1 atom stereocenters. The number of carbonyl (C=O) groups excluding carboxylic acids is 1. The van der Waals surface area contributed by atoms with E-state index in [1.54, 1.807) is 0 Å². The van der Waals surface area contributed by atoms with Gasteiger partial charge in [-0.1, -0.05) is 18.2 Å². The Bertz CT molecular complexity index is 475. The molecule has 4 nitrogen and oxygen atoms in total. The van der Waals surface area contributed by atoms with Gasteiger partial charge in [-0.3, -0.25) is 4.79 Å². The number of para-hydroxylation sites is 1. The largest absolute Gasteiger partial charge is 0.368 e. The zero-order chi connectivity index (χ0) is 13.9. The van der Waals surface area contributed by atoms with Gasteiger partial charge >= 0.3 is 0 Å².